The number of ether oxygens (including phenoxy) is 4. The number of terminal acetylenes is 1. The van der Waals surface area contributed by atoms with Crippen molar-refractivity contribution in [3.63, 3.8) is 0 Å². The molecule has 1 aromatic heterocycles. The van der Waals surface area contributed by atoms with E-state index in [1.54, 1.807) is 18.2 Å². The molecule has 0 bridgehead atoms. The van der Waals surface area contributed by atoms with Gasteiger partial charge in [-0.05, 0) is 24.3 Å². The minimum atomic E-state index is -0.429. The smallest absolute Gasteiger partial charge is 0.349 e. The quantitative estimate of drug-likeness (QED) is 0.661. The summed E-state index contributed by atoms with van der Waals surface area (Å²) in [6, 6.07) is 9.02. The van der Waals surface area contributed by atoms with E-state index in [0.29, 0.717) is 34.2 Å². The second kappa shape index (κ2) is 5.43. The van der Waals surface area contributed by atoms with E-state index in [1.165, 1.54) is 4.57 Å². The van der Waals surface area contributed by atoms with Crippen molar-refractivity contribution in [1.29, 1.82) is 0 Å². The van der Waals surface area contributed by atoms with Crippen LogP contribution in [0.3, 0.4) is 0 Å². The van der Waals surface area contributed by atoms with Gasteiger partial charge >= 0.3 is 5.69 Å². The first-order valence-corrected chi connectivity index (χ1v) is 7.92. The first kappa shape index (κ1) is 14.7. The van der Waals surface area contributed by atoms with Crippen LogP contribution in [-0.4, -0.2) is 23.1 Å². The summed E-state index contributed by atoms with van der Waals surface area (Å²) in [7, 11) is 0. The Morgan fingerprint density at radius 3 is 2.46 bits per heavy atom. The molecular weight excluding hydrogens is 336 g/mol. The molecule has 0 spiro atoms. The average molecular weight is 348 g/mol. The van der Waals surface area contributed by atoms with Crippen molar-refractivity contribution in [2.24, 2.45) is 0 Å². The number of aromatic nitrogens is 2. The van der Waals surface area contributed by atoms with Crippen LogP contribution in [0.4, 0.5) is 0 Å². The van der Waals surface area contributed by atoms with Gasteiger partial charge in [-0.25, -0.2) is 4.79 Å². The van der Waals surface area contributed by atoms with E-state index in [0.717, 1.165) is 10.9 Å². The molecule has 0 amide bonds. The number of rotatable bonds is 2. The van der Waals surface area contributed by atoms with Gasteiger partial charge in [-0.15, -0.1) is 6.42 Å². The lowest BCUT2D eigenvalue weighted by atomic mass is 10.0. The highest BCUT2D eigenvalue weighted by Gasteiger charge is 2.21. The molecule has 5 rings (SSSR count). The third-order valence-electron chi connectivity index (χ3n) is 4.37. The molecule has 0 atom stereocenters. The van der Waals surface area contributed by atoms with Crippen molar-refractivity contribution in [3.8, 4) is 46.6 Å². The van der Waals surface area contributed by atoms with E-state index in [-0.39, 0.29) is 20.1 Å². The van der Waals surface area contributed by atoms with Crippen LogP contribution in [0.15, 0.2) is 35.1 Å². The van der Waals surface area contributed by atoms with Gasteiger partial charge in [0.25, 0.3) is 0 Å². The first-order chi connectivity index (χ1) is 12.7. The van der Waals surface area contributed by atoms with Crippen LogP contribution in [0, 0.1) is 12.3 Å². The molecule has 2 aliphatic heterocycles. The lowest BCUT2D eigenvalue weighted by Gasteiger charge is -2.12. The Hall–Kier alpha value is -3.66. The summed E-state index contributed by atoms with van der Waals surface area (Å²) < 4.78 is 23.1. The number of hydrogen-bond donors (Lipinski definition) is 0. The molecular formula is C19H12N2O5. The molecule has 0 saturated carbocycles. The van der Waals surface area contributed by atoms with Crippen molar-refractivity contribution in [2.45, 2.75) is 6.54 Å². The zero-order chi connectivity index (χ0) is 17.7. The maximum Gasteiger partial charge on any atom is 0.349 e. The SMILES string of the molecule is C#CCn1c(=O)nc(-c2ccc3c(c2)OCO3)c2cc3c(cc21)OCO3. The average Bonchev–Trinajstić information content (AvgIpc) is 3.30. The van der Waals surface area contributed by atoms with Gasteiger partial charge in [0.2, 0.25) is 13.6 Å². The third-order valence-corrected chi connectivity index (χ3v) is 4.37. The highest BCUT2D eigenvalue weighted by atomic mass is 16.7. The van der Waals surface area contributed by atoms with E-state index < -0.39 is 5.69 Å². The van der Waals surface area contributed by atoms with Gasteiger partial charge < -0.3 is 18.9 Å². The zero-order valence-electron chi connectivity index (χ0n) is 13.5. The van der Waals surface area contributed by atoms with Crippen LogP contribution < -0.4 is 24.6 Å². The second-order valence-electron chi connectivity index (χ2n) is 5.82. The molecule has 3 aromatic rings. The lowest BCUT2D eigenvalue weighted by Crippen LogP contribution is -2.23. The van der Waals surface area contributed by atoms with Crippen LogP contribution in [0.5, 0.6) is 23.0 Å². The molecule has 7 heteroatoms. The molecule has 7 nitrogen and oxygen atoms in total. The summed E-state index contributed by atoms with van der Waals surface area (Å²) in [5.41, 5.74) is 1.47. The van der Waals surface area contributed by atoms with E-state index >= 15 is 0 Å². The Bertz CT molecular complexity index is 1160. The lowest BCUT2D eigenvalue weighted by molar-refractivity contribution is 0.173. The molecule has 0 N–H and O–H groups in total. The second-order valence-corrected chi connectivity index (χ2v) is 5.82. The highest BCUT2D eigenvalue weighted by Crippen LogP contribution is 2.40. The topological polar surface area (TPSA) is 71.8 Å². The van der Waals surface area contributed by atoms with Crippen LogP contribution >= 0.6 is 0 Å². The van der Waals surface area contributed by atoms with Gasteiger partial charge in [-0.2, -0.15) is 4.98 Å². The molecule has 26 heavy (non-hydrogen) atoms. The standard InChI is InChI=1S/C19H12N2O5/c1-2-5-21-13-8-17-16(25-10-26-17)7-12(13)18(20-19(21)22)11-3-4-14-15(6-11)24-9-23-14/h1,3-4,6-8H,5,9-10H2. The summed E-state index contributed by atoms with van der Waals surface area (Å²) in [5.74, 6) is 4.95. The number of benzene rings is 2. The Morgan fingerprint density at radius 1 is 1.00 bits per heavy atom. The van der Waals surface area contributed by atoms with Crippen LogP contribution in [0.25, 0.3) is 22.2 Å². The van der Waals surface area contributed by atoms with Crippen molar-refractivity contribution in [3.05, 3.63) is 40.8 Å². The van der Waals surface area contributed by atoms with Gasteiger partial charge in [0, 0.05) is 17.0 Å². The van der Waals surface area contributed by atoms with Crippen molar-refractivity contribution in [2.75, 3.05) is 13.6 Å². The predicted octanol–water partition coefficient (Wildman–Crippen LogP) is 2.15. The Kier molecular flexibility index (Phi) is 3.06. The molecule has 3 heterocycles. The fourth-order valence-electron chi connectivity index (χ4n) is 3.17. The summed E-state index contributed by atoms with van der Waals surface area (Å²) in [6.07, 6.45) is 5.42. The normalized spacial score (nSPS) is 13.8. The van der Waals surface area contributed by atoms with E-state index in [9.17, 15) is 4.79 Å². The molecule has 128 valence electrons. The molecule has 0 fully saturated rings. The maximum atomic E-state index is 12.6. The molecule has 0 radical (unpaired) electrons. The first-order valence-electron chi connectivity index (χ1n) is 7.92. The molecule has 0 aliphatic carbocycles. The Morgan fingerprint density at radius 2 is 1.69 bits per heavy atom. The Labute approximate surface area is 147 Å². The third kappa shape index (κ3) is 2.09. The Balaban J connectivity index is 1.82. The highest BCUT2D eigenvalue weighted by molar-refractivity contribution is 5.95. The van der Waals surface area contributed by atoms with Gasteiger partial charge in [0.05, 0.1) is 17.8 Å². The number of nitrogens with zero attached hydrogens (tertiary/aromatic N) is 2. The monoisotopic (exact) mass is 348 g/mol. The minimum Gasteiger partial charge on any atom is -0.454 e. The van der Waals surface area contributed by atoms with Crippen molar-refractivity contribution < 1.29 is 18.9 Å². The molecule has 2 aliphatic rings. The zero-order valence-corrected chi connectivity index (χ0v) is 13.5. The largest absolute Gasteiger partial charge is 0.454 e. The molecule has 0 saturated heterocycles. The van der Waals surface area contributed by atoms with Gasteiger partial charge in [-0.1, -0.05) is 5.92 Å². The van der Waals surface area contributed by atoms with E-state index in [4.69, 9.17) is 25.4 Å². The van der Waals surface area contributed by atoms with Gasteiger partial charge in [0.1, 0.15) is 0 Å². The van der Waals surface area contributed by atoms with Crippen LogP contribution in [0.1, 0.15) is 0 Å². The minimum absolute atomic E-state index is 0.114. The van der Waals surface area contributed by atoms with E-state index in [1.807, 2.05) is 12.1 Å². The fourth-order valence-corrected chi connectivity index (χ4v) is 3.17. The predicted molar refractivity (Wildman–Crippen MR) is 92.5 cm³/mol. The summed E-state index contributed by atoms with van der Waals surface area (Å²) in [5, 5.41) is 0.739. The van der Waals surface area contributed by atoms with Crippen LogP contribution in [0.2, 0.25) is 0 Å². The molecule has 0 unspecified atom stereocenters. The fraction of sp³-hybridized carbons (Fsp3) is 0.158. The molecule has 2 aromatic carbocycles. The van der Waals surface area contributed by atoms with Crippen LogP contribution in [-0.2, 0) is 6.54 Å². The van der Waals surface area contributed by atoms with Crippen molar-refractivity contribution in [1.82, 2.24) is 9.55 Å². The maximum absolute atomic E-state index is 12.6. The van der Waals surface area contributed by atoms with Gasteiger partial charge in [-0.3, -0.25) is 4.57 Å². The summed E-state index contributed by atoms with van der Waals surface area (Å²) in [4.78, 5) is 16.8. The number of hydrogen-bond acceptors (Lipinski definition) is 6. The summed E-state index contributed by atoms with van der Waals surface area (Å²) >= 11 is 0. The van der Waals surface area contributed by atoms with Gasteiger partial charge in [0.15, 0.2) is 23.0 Å². The summed E-state index contributed by atoms with van der Waals surface area (Å²) in [6.45, 7) is 0.427. The number of fused-ring (bicyclic) bond motifs is 3. The van der Waals surface area contributed by atoms with Crippen molar-refractivity contribution >= 4 is 10.9 Å². The van der Waals surface area contributed by atoms with E-state index in [2.05, 4.69) is 10.9 Å².